The van der Waals surface area contributed by atoms with E-state index in [-0.39, 0.29) is 5.91 Å². The molecule has 2 heterocycles. The lowest BCUT2D eigenvalue weighted by Gasteiger charge is -2.24. The fourth-order valence-electron chi connectivity index (χ4n) is 3.92. The minimum atomic E-state index is -0.171. The third-order valence-electron chi connectivity index (χ3n) is 5.78. The zero-order valence-corrected chi connectivity index (χ0v) is 19.6. The van der Waals surface area contributed by atoms with Crippen LogP contribution in [-0.2, 0) is 17.8 Å². The van der Waals surface area contributed by atoms with Crippen LogP contribution in [0.25, 0.3) is 0 Å². The molecule has 0 saturated carbocycles. The highest BCUT2D eigenvalue weighted by Crippen LogP contribution is 2.27. The summed E-state index contributed by atoms with van der Waals surface area (Å²) in [5.74, 6) is 2.12. The van der Waals surface area contributed by atoms with E-state index in [4.69, 9.17) is 18.9 Å². The van der Waals surface area contributed by atoms with Gasteiger partial charge in [-0.2, -0.15) is 0 Å². The number of amides is 1. The summed E-state index contributed by atoms with van der Waals surface area (Å²) < 4.78 is 22.3. The van der Waals surface area contributed by atoms with Crippen LogP contribution in [-0.4, -0.2) is 49.8 Å². The summed E-state index contributed by atoms with van der Waals surface area (Å²) in [5.41, 5.74) is 2.20. The van der Waals surface area contributed by atoms with Crippen LogP contribution in [0.15, 0.2) is 66.9 Å². The predicted molar refractivity (Wildman–Crippen MR) is 128 cm³/mol. The van der Waals surface area contributed by atoms with Crippen molar-refractivity contribution in [1.29, 1.82) is 0 Å². The summed E-state index contributed by atoms with van der Waals surface area (Å²) in [6, 6.07) is 18.8. The zero-order chi connectivity index (χ0) is 23.8. The molecule has 1 atom stereocenters. The van der Waals surface area contributed by atoms with Crippen molar-refractivity contribution in [3.63, 3.8) is 0 Å². The van der Waals surface area contributed by atoms with E-state index < -0.39 is 0 Å². The van der Waals surface area contributed by atoms with Crippen molar-refractivity contribution < 1.29 is 23.7 Å². The predicted octanol–water partition coefficient (Wildman–Crippen LogP) is 4.36. The summed E-state index contributed by atoms with van der Waals surface area (Å²) in [6.07, 6.45) is 2.75. The number of ether oxygens (including phenoxy) is 4. The van der Waals surface area contributed by atoms with Crippen LogP contribution in [0.4, 0.5) is 0 Å². The third-order valence-corrected chi connectivity index (χ3v) is 5.78. The van der Waals surface area contributed by atoms with E-state index in [9.17, 15) is 4.79 Å². The second-order valence-electron chi connectivity index (χ2n) is 8.24. The highest BCUT2D eigenvalue weighted by molar-refractivity contribution is 5.97. The Morgan fingerprint density at radius 2 is 1.94 bits per heavy atom. The molecule has 1 amide bonds. The Labute approximate surface area is 200 Å². The second-order valence-corrected chi connectivity index (χ2v) is 8.24. The van der Waals surface area contributed by atoms with Gasteiger partial charge in [-0.1, -0.05) is 18.2 Å². The maximum atomic E-state index is 13.7. The number of methoxy groups -OCH3 is 2. The van der Waals surface area contributed by atoms with Crippen molar-refractivity contribution >= 4 is 5.91 Å². The quantitative estimate of drug-likeness (QED) is 0.446. The van der Waals surface area contributed by atoms with Crippen molar-refractivity contribution in [3.05, 3.63) is 83.7 Å². The number of nitrogens with zero attached hydrogens (tertiary/aromatic N) is 2. The Balaban J connectivity index is 1.57. The van der Waals surface area contributed by atoms with Gasteiger partial charge in [0.2, 0.25) is 0 Å². The van der Waals surface area contributed by atoms with Crippen LogP contribution in [0, 0.1) is 5.92 Å². The lowest BCUT2D eigenvalue weighted by atomic mass is 10.1. The molecule has 0 unspecified atom stereocenters. The lowest BCUT2D eigenvalue weighted by molar-refractivity contribution is 0.0723. The number of rotatable bonds is 10. The molecule has 1 saturated heterocycles. The first-order chi connectivity index (χ1) is 16.7. The van der Waals surface area contributed by atoms with Gasteiger partial charge in [0.25, 0.3) is 5.91 Å². The molecule has 0 aliphatic carbocycles. The lowest BCUT2D eigenvalue weighted by Crippen LogP contribution is -2.31. The highest BCUT2D eigenvalue weighted by atomic mass is 16.5. The van der Waals surface area contributed by atoms with E-state index in [2.05, 4.69) is 4.98 Å². The van der Waals surface area contributed by atoms with Crippen LogP contribution in [0.2, 0.25) is 0 Å². The number of carbonyl (C=O) groups excluding carboxylic acids is 1. The van der Waals surface area contributed by atoms with Crippen molar-refractivity contribution in [2.75, 3.05) is 34.0 Å². The minimum absolute atomic E-state index is 0.171. The highest BCUT2D eigenvalue weighted by Gasteiger charge is 2.22. The van der Waals surface area contributed by atoms with Crippen LogP contribution in [0.1, 0.15) is 28.0 Å². The molecule has 4 rings (SSSR count). The fourth-order valence-corrected chi connectivity index (χ4v) is 3.92. The summed E-state index contributed by atoms with van der Waals surface area (Å²) in [4.78, 5) is 19.9. The Kier molecular flexibility index (Phi) is 7.99. The largest absolute Gasteiger partial charge is 0.497 e. The van der Waals surface area contributed by atoms with Gasteiger partial charge in [0.1, 0.15) is 17.2 Å². The average Bonchev–Trinajstić information content (AvgIpc) is 3.41. The SMILES string of the molecule is COc1ccc(OC)c(C(=O)N(Cc2cccc(OC[C@H]3CCOC3)c2)Cc2ccccn2)c1. The summed E-state index contributed by atoms with van der Waals surface area (Å²) in [6.45, 7) is 2.91. The summed E-state index contributed by atoms with van der Waals surface area (Å²) >= 11 is 0. The Hall–Kier alpha value is -3.58. The van der Waals surface area contributed by atoms with Gasteiger partial charge in [-0.15, -0.1) is 0 Å². The molecule has 34 heavy (non-hydrogen) atoms. The van der Waals surface area contributed by atoms with E-state index in [0.717, 1.165) is 36.6 Å². The number of benzene rings is 2. The third kappa shape index (κ3) is 6.05. The first kappa shape index (κ1) is 23.6. The van der Waals surface area contributed by atoms with Gasteiger partial charge < -0.3 is 23.8 Å². The molecule has 0 spiro atoms. The number of hydrogen-bond acceptors (Lipinski definition) is 6. The fraction of sp³-hybridized carbons (Fsp3) is 0.333. The maximum Gasteiger partial charge on any atom is 0.258 e. The molecule has 1 aliphatic heterocycles. The number of carbonyl (C=O) groups is 1. The Bertz CT molecular complexity index is 1080. The van der Waals surface area contributed by atoms with Crippen LogP contribution in [0.5, 0.6) is 17.2 Å². The molecule has 3 aromatic rings. The monoisotopic (exact) mass is 462 g/mol. The number of pyridine rings is 1. The molecule has 0 N–H and O–H groups in total. The van der Waals surface area contributed by atoms with E-state index in [1.54, 1.807) is 43.5 Å². The van der Waals surface area contributed by atoms with Crippen LogP contribution in [0.3, 0.4) is 0 Å². The first-order valence-corrected chi connectivity index (χ1v) is 11.4. The van der Waals surface area contributed by atoms with E-state index in [1.165, 1.54) is 0 Å². The first-order valence-electron chi connectivity index (χ1n) is 11.4. The van der Waals surface area contributed by atoms with Crippen molar-refractivity contribution in [1.82, 2.24) is 9.88 Å². The van der Waals surface area contributed by atoms with Gasteiger partial charge in [-0.25, -0.2) is 0 Å². The molecule has 1 aromatic heterocycles. The van der Waals surface area contributed by atoms with Gasteiger partial charge in [0.05, 0.1) is 45.2 Å². The molecular weight excluding hydrogens is 432 g/mol. The summed E-state index contributed by atoms with van der Waals surface area (Å²) in [7, 11) is 3.13. The molecule has 178 valence electrons. The van der Waals surface area contributed by atoms with Gasteiger partial charge >= 0.3 is 0 Å². The van der Waals surface area contributed by atoms with Gasteiger partial charge in [-0.05, 0) is 54.4 Å². The standard InChI is InChI=1S/C27H30N2O5/c1-31-23-9-10-26(32-2)25(15-23)27(30)29(17-22-7-3-4-12-28-22)16-20-6-5-8-24(14-20)34-19-21-11-13-33-18-21/h3-10,12,14-15,21H,11,13,16-19H2,1-2H3/t21-/m0/s1. The van der Waals surface area contributed by atoms with E-state index >= 15 is 0 Å². The summed E-state index contributed by atoms with van der Waals surface area (Å²) in [5, 5.41) is 0. The minimum Gasteiger partial charge on any atom is -0.497 e. The topological polar surface area (TPSA) is 70.1 Å². The molecule has 0 bridgehead atoms. The average molecular weight is 463 g/mol. The second kappa shape index (κ2) is 11.5. The van der Waals surface area contributed by atoms with Crippen molar-refractivity contribution in [2.24, 2.45) is 5.92 Å². The number of hydrogen-bond donors (Lipinski definition) is 0. The molecular formula is C27H30N2O5. The number of aromatic nitrogens is 1. The van der Waals surface area contributed by atoms with Crippen molar-refractivity contribution in [2.45, 2.75) is 19.5 Å². The van der Waals surface area contributed by atoms with Crippen molar-refractivity contribution in [3.8, 4) is 17.2 Å². The van der Waals surface area contributed by atoms with Gasteiger partial charge in [-0.3, -0.25) is 9.78 Å². The molecule has 2 aromatic carbocycles. The normalized spacial score (nSPS) is 15.1. The molecule has 1 aliphatic rings. The molecule has 1 fully saturated rings. The Morgan fingerprint density at radius 1 is 1.03 bits per heavy atom. The van der Waals surface area contributed by atoms with Gasteiger partial charge in [0.15, 0.2) is 0 Å². The maximum absolute atomic E-state index is 13.7. The molecule has 7 heteroatoms. The van der Waals surface area contributed by atoms with E-state index in [1.807, 2.05) is 42.5 Å². The zero-order valence-electron chi connectivity index (χ0n) is 19.6. The van der Waals surface area contributed by atoms with Gasteiger partial charge in [0, 0.05) is 25.3 Å². The Morgan fingerprint density at radius 3 is 2.68 bits per heavy atom. The smallest absolute Gasteiger partial charge is 0.258 e. The van der Waals surface area contributed by atoms with Crippen LogP contribution < -0.4 is 14.2 Å². The molecule has 7 nitrogen and oxygen atoms in total. The van der Waals surface area contributed by atoms with E-state index in [0.29, 0.717) is 42.7 Å². The van der Waals surface area contributed by atoms with Crippen LogP contribution >= 0.6 is 0 Å². The molecule has 0 radical (unpaired) electrons.